The molecule has 2 rings (SSSR count). The number of methoxy groups -OCH3 is 1. The predicted octanol–water partition coefficient (Wildman–Crippen LogP) is 0.589. The summed E-state index contributed by atoms with van der Waals surface area (Å²) in [4.78, 5) is 1.03. The van der Waals surface area contributed by atoms with Gasteiger partial charge in [-0.1, -0.05) is 4.49 Å². The Hall–Kier alpha value is -1.47. The molecule has 0 aliphatic carbocycles. The monoisotopic (exact) mass is 239 g/mol. The van der Waals surface area contributed by atoms with Crippen molar-refractivity contribution in [2.45, 2.75) is 6.04 Å². The summed E-state index contributed by atoms with van der Waals surface area (Å²) < 4.78 is 10.9. The maximum absolute atomic E-state index is 5.29. The lowest BCUT2D eigenvalue weighted by Gasteiger charge is -2.15. The topological polar surface area (TPSA) is 64.9 Å². The van der Waals surface area contributed by atoms with Crippen LogP contribution in [-0.4, -0.2) is 33.5 Å². The Balaban J connectivity index is 2.44. The van der Waals surface area contributed by atoms with Crippen molar-refractivity contribution in [1.82, 2.24) is 24.7 Å². The molecule has 0 aliphatic rings. The average molecular weight is 239 g/mol. The lowest BCUT2D eigenvalue weighted by molar-refractivity contribution is 0.403. The molecule has 86 valence electrons. The Morgan fingerprint density at radius 2 is 2.31 bits per heavy atom. The van der Waals surface area contributed by atoms with Crippen molar-refractivity contribution in [3.63, 3.8) is 0 Å². The van der Waals surface area contributed by atoms with Gasteiger partial charge in [-0.3, -0.25) is 4.68 Å². The van der Waals surface area contributed by atoms with E-state index in [9.17, 15) is 0 Å². The van der Waals surface area contributed by atoms with Gasteiger partial charge in [0.25, 0.3) is 0 Å². The highest BCUT2D eigenvalue weighted by Gasteiger charge is 2.22. The first-order valence-electron chi connectivity index (χ1n) is 4.78. The Morgan fingerprint density at radius 3 is 2.88 bits per heavy atom. The molecule has 0 saturated heterocycles. The molecule has 0 bridgehead atoms. The fraction of sp³-hybridized carbons (Fsp3) is 0.444. The summed E-state index contributed by atoms with van der Waals surface area (Å²) in [5.41, 5.74) is 0.969. The molecule has 2 aromatic rings. The molecule has 1 atom stereocenters. The van der Waals surface area contributed by atoms with Crippen LogP contribution in [0.5, 0.6) is 5.75 Å². The van der Waals surface area contributed by atoms with Crippen molar-refractivity contribution in [3.8, 4) is 5.75 Å². The van der Waals surface area contributed by atoms with Gasteiger partial charge in [-0.05, 0) is 18.6 Å². The van der Waals surface area contributed by atoms with Crippen LogP contribution in [0.2, 0.25) is 0 Å². The molecule has 0 aliphatic heterocycles. The van der Waals surface area contributed by atoms with Crippen LogP contribution >= 0.6 is 11.5 Å². The van der Waals surface area contributed by atoms with E-state index in [0.717, 1.165) is 16.3 Å². The van der Waals surface area contributed by atoms with Crippen LogP contribution in [0.1, 0.15) is 16.6 Å². The quantitative estimate of drug-likeness (QED) is 0.846. The van der Waals surface area contributed by atoms with E-state index >= 15 is 0 Å². The van der Waals surface area contributed by atoms with E-state index in [1.165, 1.54) is 11.5 Å². The molecule has 2 heterocycles. The first kappa shape index (κ1) is 11.0. The number of nitrogens with one attached hydrogen (secondary N) is 1. The zero-order valence-corrected chi connectivity index (χ0v) is 10.2. The molecule has 16 heavy (non-hydrogen) atoms. The van der Waals surface area contributed by atoms with E-state index in [2.05, 4.69) is 20.0 Å². The van der Waals surface area contributed by atoms with Crippen molar-refractivity contribution in [3.05, 3.63) is 23.0 Å². The molecule has 1 unspecified atom stereocenters. The molecular formula is C9H13N5OS. The number of rotatable bonds is 4. The van der Waals surface area contributed by atoms with Gasteiger partial charge in [0.15, 0.2) is 5.75 Å². The van der Waals surface area contributed by atoms with Gasteiger partial charge in [0.1, 0.15) is 5.69 Å². The Bertz CT molecular complexity index is 452. The van der Waals surface area contributed by atoms with Gasteiger partial charge in [-0.25, -0.2) is 0 Å². The standard InChI is InChI=1S/C9H13N5OS/c1-10-8(7-5-11-13-16-7)9-6(15-3)4-12-14(9)2/h4-5,8,10H,1-3H3. The van der Waals surface area contributed by atoms with E-state index < -0.39 is 0 Å². The van der Waals surface area contributed by atoms with Gasteiger partial charge in [0, 0.05) is 7.05 Å². The van der Waals surface area contributed by atoms with Gasteiger partial charge < -0.3 is 10.1 Å². The number of nitrogens with zero attached hydrogens (tertiary/aromatic N) is 4. The van der Waals surface area contributed by atoms with Crippen LogP contribution in [-0.2, 0) is 7.05 Å². The number of aryl methyl sites for hydroxylation is 1. The minimum Gasteiger partial charge on any atom is -0.493 e. The first-order valence-corrected chi connectivity index (χ1v) is 5.55. The molecule has 0 spiro atoms. The fourth-order valence-electron chi connectivity index (χ4n) is 1.63. The van der Waals surface area contributed by atoms with Gasteiger partial charge >= 0.3 is 0 Å². The molecule has 0 amide bonds. The molecule has 0 radical (unpaired) electrons. The number of ether oxygens (including phenoxy) is 1. The third kappa shape index (κ3) is 1.79. The van der Waals surface area contributed by atoms with Crippen LogP contribution in [0.3, 0.4) is 0 Å². The van der Waals surface area contributed by atoms with Crippen LogP contribution in [0.4, 0.5) is 0 Å². The maximum atomic E-state index is 5.29. The number of hydrogen-bond donors (Lipinski definition) is 1. The fourth-order valence-corrected chi connectivity index (χ4v) is 2.25. The molecular weight excluding hydrogens is 226 g/mol. The molecule has 0 fully saturated rings. The second-order valence-corrected chi connectivity index (χ2v) is 4.08. The number of aromatic nitrogens is 4. The largest absolute Gasteiger partial charge is 0.493 e. The van der Waals surface area contributed by atoms with E-state index in [1.807, 2.05) is 14.1 Å². The molecule has 6 nitrogen and oxygen atoms in total. The zero-order chi connectivity index (χ0) is 11.5. The normalized spacial score (nSPS) is 12.7. The van der Waals surface area contributed by atoms with Gasteiger partial charge in [-0.15, -0.1) is 5.10 Å². The minimum absolute atomic E-state index is 0.00227. The van der Waals surface area contributed by atoms with Crippen molar-refractivity contribution in [2.24, 2.45) is 7.05 Å². The third-order valence-corrected chi connectivity index (χ3v) is 3.12. The van der Waals surface area contributed by atoms with E-state index in [0.29, 0.717) is 0 Å². The summed E-state index contributed by atoms with van der Waals surface area (Å²) in [5, 5.41) is 11.2. The smallest absolute Gasteiger partial charge is 0.161 e. The Labute approximate surface area is 97.4 Å². The van der Waals surface area contributed by atoms with Crippen molar-refractivity contribution in [1.29, 1.82) is 0 Å². The third-order valence-electron chi connectivity index (χ3n) is 2.39. The van der Waals surface area contributed by atoms with E-state index in [1.54, 1.807) is 24.2 Å². The second-order valence-electron chi connectivity index (χ2n) is 3.26. The SMILES string of the molecule is CNC(c1cnns1)c1c(OC)cnn1C. The van der Waals surface area contributed by atoms with Crippen molar-refractivity contribution in [2.75, 3.05) is 14.2 Å². The van der Waals surface area contributed by atoms with Crippen LogP contribution in [0.25, 0.3) is 0 Å². The van der Waals surface area contributed by atoms with E-state index in [-0.39, 0.29) is 6.04 Å². The summed E-state index contributed by atoms with van der Waals surface area (Å²) in [6.45, 7) is 0. The van der Waals surface area contributed by atoms with Gasteiger partial charge in [0.05, 0.1) is 30.4 Å². The zero-order valence-electron chi connectivity index (χ0n) is 9.34. The second kappa shape index (κ2) is 4.58. The molecule has 0 saturated carbocycles. The lowest BCUT2D eigenvalue weighted by Crippen LogP contribution is -2.20. The summed E-state index contributed by atoms with van der Waals surface area (Å²) in [7, 11) is 5.41. The molecule has 0 aromatic carbocycles. The van der Waals surface area contributed by atoms with Crippen LogP contribution in [0.15, 0.2) is 12.4 Å². The predicted molar refractivity (Wildman–Crippen MR) is 60.6 cm³/mol. The Kier molecular flexibility index (Phi) is 3.16. The summed E-state index contributed by atoms with van der Waals surface area (Å²) in [5.74, 6) is 0.759. The molecule has 7 heteroatoms. The first-order chi connectivity index (χ1) is 7.77. The molecule has 1 N–H and O–H groups in total. The minimum atomic E-state index is 0.00227. The Morgan fingerprint density at radius 1 is 1.50 bits per heavy atom. The van der Waals surface area contributed by atoms with Crippen LogP contribution < -0.4 is 10.1 Å². The van der Waals surface area contributed by atoms with E-state index in [4.69, 9.17) is 4.74 Å². The van der Waals surface area contributed by atoms with Gasteiger partial charge in [-0.2, -0.15) is 5.10 Å². The highest BCUT2D eigenvalue weighted by Crippen LogP contribution is 2.30. The highest BCUT2D eigenvalue weighted by molar-refractivity contribution is 7.05. The van der Waals surface area contributed by atoms with Crippen LogP contribution in [0, 0.1) is 0 Å². The average Bonchev–Trinajstić information content (AvgIpc) is 2.91. The van der Waals surface area contributed by atoms with Crippen molar-refractivity contribution < 1.29 is 4.74 Å². The number of hydrogen-bond acceptors (Lipinski definition) is 6. The van der Waals surface area contributed by atoms with Gasteiger partial charge in [0.2, 0.25) is 0 Å². The van der Waals surface area contributed by atoms with Crippen molar-refractivity contribution >= 4 is 11.5 Å². The highest BCUT2D eigenvalue weighted by atomic mass is 32.1. The summed E-state index contributed by atoms with van der Waals surface area (Å²) >= 11 is 1.36. The summed E-state index contributed by atoms with van der Waals surface area (Å²) in [6.07, 6.45) is 3.45. The summed E-state index contributed by atoms with van der Waals surface area (Å²) in [6, 6.07) is 0.00227. The lowest BCUT2D eigenvalue weighted by atomic mass is 10.1. The maximum Gasteiger partial charge on any atom is 0.161 e. The molecule has 2 aromatic heterocycles.